The number of hydrogen-bond acceptors (Lipinski definition) is 14. The van der Waals surface area contributed by atoms with Gasteiger partial charge in [-0.1, -0.05) is 23.7 Å². The Labute approximate surface area is 375 Å². The Morgan fingerprint density at radius 1 is 0.697 bits per heavy atom. The lowest BCUT2D eigenvalue weighted by Gasteiger charge is -2.13. The minimum atomic E-state index is -1.86. The molecule has 2 aliphatic heterocycles. The Bertz CT molecular complexity index is 3040. The molecule has 3 amide bonds. The molecule has 66 heavy (non-hydrogen) atoms. The third kappa shape index (κ3) is 9.63. The second-order valence-corrected chi connectivity index (χ2v) is 15.1. The van der Waals surface area contributed by atoms with Gasteiger partial charge in [-0.3, -0.25) is 14.4 Å². The first-order valence-corrected chi connectivity index (χ1v) is 19.7. The quantitative estimate of drug-likeness (QED) is 0.138. The highest BCUT2D eigenvalue weighted by atomic mass is 19.1. The highest BCUT2D eigenvalue weighted by Crippen LogP contribution is 2.26. The summed E-state index contributed by atoms with van der Waals surface area (Å²) in [4.78, 5) is 68.3. The molecule has 338 valence electrons. The molecule has 6 heterocycles. The first kappa shape index (κ1) is 47.2. The van der Waals surface area contributed by atoms with Crippen LogP contribution in [0.3, 0.4) is 0 Å². The maximum absolute atomic E-state index is 14.5. The third-order valence-electron chi connectivity index (χ3n) is 10.4. The van der Waals surface area contributed by atoms with Crippen molar-refractivity contribution in [1.82, 2.24) is 55.4 Å². The predicted molar refractivity (Wildman–Crippen MR) is 232 cm³/mol. The Kier molecular flexibility index (Phi) is 13.5. The van der Waals surface area contributed by atoms with Gasteiger partial charge in [0.15, 0.2) is 29.0 Å². The number of carbonyl (C=O) groups is 4. The standard InChI is InChI=1S/C23H20FN5O4.C22H19FN6O3.H3N/c1-14-7-10-25-29(14)19-13-18(21(30)33-3)26-20(27-19)16-4-5-17(24)15(12-16)6-8-23(32)9-11-28(2)22(23)31;1-13-6-9-25-29(13)18-12-17(19(24)30)26-20(27-18)15-3-4-16(23)14(11-15)5-7-22(32)8-10-28(2)21(22)31;/h4-5,7,10,12-13,32H,9,11H2,1-3H3;3-4,6,9,11-12,32H,8,10H2,1-2H3,(H2,24,30);1H3/t23-;22-;/m00./s1. The average Bonchev–Trinajstić information content (AvgIpc) is 4.06. The number of halogens is 2. The largest absolute Gasteiger partial charge is 0.464 e. The smallest absolute Gasteiger partial charge is 0.356 e. The van der Waals surface area contributed by atoms with E-state index in [1.807, 2.05) is 13.8 Å². The van der Waals surface area contributed by atoms with Gasteiger partial charge in [0.05, 0.1) is 18.2 Å². The van der Waals surface area contributed by atoms with Crippen molar-refractivity contribution < 1.29 is 42.9 Å². The summed E-state index contributed by atoms with van der Waals surface area (Å²) in [6, 6.07) is 14.4. The number of nitrogens with two attached hydrogens (primary N) is 1. The van der Waals surface area contributed by atoms with Crippen LogP contribution in [0.1, 0.15) is 56.3 Å². The molecule has 19 nitrogen and oxygen atoms in total. The molecule has 2 fully saturated rings. The van der Waals surface area contributed by atoms with Gasteiger partial charge in [-0.05, 0) is 62.4 Å². The molecule has 0 radical (unpaired) electrons. The van der Waals surface area contributed by atoms with Gasteiger partial charge < -0.3 is 36.6 Å². The normalized spacial score (nSPS) is 17.5. The fourth-order valence-electron chi connectivity index (χ4n) is 6.70. The number of ether oxygens (including phenoxy) is 1. The van der Waals surface area contributed by atoms with Crippen LogP contribution in [0, 0.1) is 49.2 Å². The number of aliphatic hydroxyl groups is 2. The fourth-order valence-corrected chi connectivity index (χ4v) is 6.70. The van der Waals surface area contributed by atoms with E-state index in [0.717, 1.165) is 11.4 Å². The van der Waals surface area contributed by atoms with Crippen molar-refractivity contribution in [1.29, 1.82) is 0 Å². The first-order valence-electron chi connectivity index (χ1n) is 19.7. The number of primary amides is 1. The molecule has 21 heteroatoms. The van der Waals surface area contributed by atoms with Crippen LogP contribution in [0.4, 0.5) is 8.78 Å². The molecule has 8 rings (SSSR count). The molecule has 2 aromatic carbocycles. The number of aromatic nitrogens is 8. The Morgan fingerprint density at radius 2 is 1.12 bits per heavy atom. The summed E-state index contributed by atoms with van der Waals surface area (Å²) in [7, 11) is 4.36. The van der Waals surface area contributed by atoms with Gasteiger partial charge in [-0.25, -0.2) is 42.9 Å². The van der Waals surface area contributed by atoms with E-state index in [1.54, 1.807) is 38.6 Å². The fraction of sp³-hybridized carbons (Fsp3) is 0.244. The number of likely N-dealkylation sites (N-methyl/N-ethyl adjacent to an activating group) is 2. The van der Waals surface area contributed by atoms with Crippen LogP contribution in [-0.2, 0) is 14.3 Å². The Hall–Kier alpha value is -8.24. The number of benzene rings is 2. The van der Waals surface area contributed by atoms with Gasteiger partial charge >= 0.3 is 5.97 Å². The minimum Gasteiger partial charge on any atom is -0.464 e. The van der Waals surface area contributed by atoms with Crippen LogP contribution >= 0.6 is 0 Å². The molecule has 2 aliphatic rings. The molecule has 0 unspecified atom stereocenters. The van der Waals surface area contributed by atoms with E-state index in [0.29, 0.717) is 35.9 Å². The van der Waals surface area contributed by atoms with Crippen molar-refractivity contribution in [2.75, 3.05) is 34.3 Å². The van der Waals surface area contributed by atoms with Crippen molar-refractivity contribution >= 4 is 23.7 Å². The second-order valence-electron chi connectivity index (χ2n) is 15.1. The number of hydrogen-bond donors (Lipinski definition) is 4. The lowest BCUT2D eigenvalue weighted by Crippen LogP contribution is -2.37. The summed E-state index contributed by atoms with van der Waals surface area (Å²) in [6.45, 7) is 4.35. The van der Waals surface area contributed by atoms with Crippen molar-refractivity contribution in [2.45, 2.75) is 37.9 Å². The van der Waals surface area contributed by atoms with Crippen LogP contribution < -0.4 is 11.9 Å². The number of rotatable bonds is 6. The topological polar surface area (TPSA) is 273 Å². The summed E-state index contributed by atoms with van der Waals surface area (Å²) >= 11 is 0. The highest BCUT2D eigenvalue weighted by Gasteiger charge is 2.43. The molecule has 6 aromatic rings. The first-order chi connectivity index (χ1) is 30.9. The monoisotopic (exact) mass is 900 g/mol. The van der Waals surface area contributed by atoms with Crippen LogP contribution in [0.5, 0.6) is 0 Å². The number of likely N-dealkylation sites (tertiary alicyclic amines) is 2. The number of amides is 3. The van der Waals surface area contributed by atoms with Gasteiger partial charge in [0.2, 0.25) is 11.2 Å². The number of aryl methyl sites for hydroxylation is 2. The summed E-state index contributed by atoms with van der Waals surface area (Å²) in [5.74, 6) is 7.24. The van der Waals surface area contributed by atoms with E-state index >= 15 is 0 Å². The zero-order chi connectivity index (χ0) is 46.8. The SMILES string of the molecule is COC(=O)c1cc(-n2nccc2C)nc(-c2ccc(F)c(C#C[C@]3(O)CCN(C)C3=O)c2)n1.Cc1ccnn1-c1cc(C(N)=O)nc(-c2ccc(F)c(C#C[C@]3(O)CCN(C)C3=O)c2)n1.N. The van der Waals surface area contributed by atoms with Crippen LogP contribution in [0.25, 0.3) is 34.4 Å². The van der Waals surface area contributed by atoms with Crippen LogP contribution in [0.2, 0.25) is 0 Å². The molecule has 7 N–H and O–H groups in total. The molecule has 2 atom stereocenters. The molecule has 0 spiro atoms. The van der Waals surface area contributed by atoms with Gasteiger partial charge in [0.25, 0.3) is 17.7 Å². The summed E-state index contributed by atoms with van der Waals surface area (Å²) in [6.07, 6.45) is 3.44. The van der Waals surface area contributed by atoms with Crippen molar-refractivity contribution in [3.05, 3.63) is 119 Å². The Balaban J connectivity index is 0.000000215. The van der Waals surface area contributed by atoms with Gasteiger partial charge in [0, 0.05) is 87.1 Å². The number of carbonyl (C=O) groups excluding carboxylic acids is 4. The summed E-state index contributed by atoms with van der Waals surface area (Å²) < 4.78 is 36.7. The van der Waals surface area contributed by atoms with E-state index in [1.165, 1.54) is 74.8 Å². The maximum atomic E-state index is 14.5. The lowest BCUT2D eigenvalue weighted by molar-refractivity contribution is -0.138. The minimum absolute atomic E-state index is 0. The lowest BCUT2D eigenvalue weighted by atomic mass is 10.0. The Morgan fingerprint density at radius 3 is 1.48 bits per heavy atom. The van der Waals surface area contributed by atoms with Crippen LogP contribution in [0.15, 0.2) is 73.1 Å². The van der Waals surface area contributed by atoms with Gasteiger partial charge in [-0.2, -0.15) is 10.2 Å². The van der Waals surface area contributed by atoms with E-state index in [2.05, 4.69) is 53.8 Å². The molecular weight excluding hydrogens is 859 g/mol. The average molecular weight is 901 g/mol. The zero-order valence-corrected chi connectivity index (χ0v) is 36.2. The molecule has 2 saturated heterocycles. The van der Waals surface area contributed by atoms with E-state index in [4.69, 9.17) is 10.5 Å². The number of methoxy groups -OCH3 is 1. The molecular formula is C45H42F2N12O7. The predicted octanol–water partition coefficient (Wildman–Crippen LogP) is 2.49. The summed E-state index contributed by atoms with van der Waals surface area (Å²) in [5, 5.41) is 29.3. The molecule has 0 aliphatic carbocycles. The number of esters is 1. The summed E-state index contributed by atoms with van der Waals surface area (Å²) in [5.41, 5.74) is 3.87. The van der Waals surface area contributed by atoms with Gasteiger partial charge in [-0.15, -0.1) is 0 Å². The highest BCUT2D eigenvalue weighted by molar-refractivity contribution is 5.92. The van der Waals surface area contributed by atoms with E-state index in [-0.39, 0.29) is 53.2 Å². The molecule has 4 aromatic heterocycles. The number of nitrogens with zero attached hydrogens (tertiary/aromatic N) is 10. The molecule has 0 saturated carbocycles. The second kappa shape index (κ2) is 18.8. The zero-order valence-electron chi connectivity index (χ0n) is 36.2. The van der Waals surface area contributed by atoms with Gasteiger partial charge in [0.1, 0.15) is 17.3 Å². The third-order valence-corrected chi connectivity index (χ3v) is 10.4. The van der Waals surface area contributed by atoms with E-state index < -0.39 is 46.5 Å². The van der Waals surface area contributed by atoms with Crippen molar-refractivity contribution in [2.24, 2.45) is 5.73 Å². The van der Waals surface area contributed by atoms with E-state index in [9.17, 15) is 38.2 Å². The van der Waals surface area contributed by atoms with Crippen LogP contribution in [-0.4, -0.2) is 129 Å². The maximum Gasteiger partial charge on any atom is 0.356 e. The van der Waals surface area contributed by atoms with Crippen molar-refractivity contribution in [3.8, 4) is 58.1 Å². The molecule has 0 bridgehead atoms. The van der Waals surface area contributed by atoms with Crippen molar-refractivity contribution in [3.63, 3.8) is 0 Å².